The Morgan fingerprint density at radius 2 is 1.69 bits per heavy atom. The van der Waals surface area contributed by atoms with Gasteiger partial charge in [-0.05, 0) is 30.5 Å². The predicted molar refractivity (Wildman–Crippen MR) is 111 cm³/mol. The summed E-state index contributed by atoms with van der Waals surface area (Å²) in [6.07, 6.45) is 1.44. The number of nitrogens with zero attached hydrogens (tertiary/aromatic N) is 2. The summed E-state index contributed by atoms with van der Waals surface area (Å²) in [5.74, 6) is 0.808. The molecule has 2 aliphatic heterocycles. The van der Waals surface area contributed by atoms with Crippen molar-refractivity contribution in [1.82, 2.24) is 9.88 Å². The van der Waals surface area contributed by atoms with Crippen molar-refractivity contribution in [2.75, 3.05) is 26.3 Å². The Morgan fingerprint density at radius 1 is 0.966 bits per heavy atom. The molecule has 0 aliphatic carbocycles. The molecular formula is C24H24N2O3. The quantitative estimate of drug-likeness (QED) is 0.686. The molecular weight excluding hydrogens is 364 g/mol. The van der Waals surface area contributed by atoms with Crippen LogP contribution in [0.1, 0.15) is 18.4 Å². The Kier molecular flexibility index (Phi) is 4.68. The van der Waals surface area contributed by atoms with Gasteiger partial charge in [0, 0.05) is 24.7 Å². The number of rotatable bonds is 4. The molecule has 2 saturated heterocycles. The molecule has 0 N–H and O–H groups in total. The lowest BCUT2D eigenvalue weighted by Gasteiger charge is -2.46. The average molecular weight is 388 g/mol. The molecule has 1 amide bonds. The minimum Gasteiger partial charge on any atom is -0.471 e. The van der Waals surface area contributed by atoms with Crippen LogP contribution >= 0.6 is 0 Å². The molecule has 2 aromatic carbocycles. The number of hydrogen-bond donors (Lipinski definition) is 0. The van der Waals surface area contributed by atoms with E-state index in [-0.39, 0.29) is 12.0 Å². The predicted octanol–water partition coefficient (Wildman–Crippen LogP) is 3.57. The second-order valence-electron chi connectivity index (χ2n) is 7.85. The lowest BCUT2D eigenvalue weighted by Crippen LogP contribution is -2.61. The summed E-state index contributed by atoms with van der Waals surface area (Å²) in [4.78, 5) is 20.0. The first-order valence-electron chi connectivity index (χ1n) is 10.2. The largest absolute Gasteiger partial charge is 0.471 e. The van der Waals surface area contributed by atoms with Gasteiger partial charge in [0.1, 0.15) is 6.10 Å². The van der Waals surface area contributed by atoms with E-state index in [0.717, 1.165) is 29.3 Å². The topological polar surface area (TPSA) is 51.7 Å². The number of amides is 1. The van der Waals surface area contributed by atoms with Crippen molar-refractivity contribution in [3.63, 3.8) is 0 Å². The molecule has 0 atom stereocenters. The molecule has 0 radical (unpaired) electrons. The monoisotopic (exact) mass is 388 g/mol. The number of likely N-dealkylation sites (tertiary alicyclic amines) is 1. The molecule has 5 nitrogen and oxygen atoms in total. The van der Waals surface area contributed by atoms with Crippen LogP contribution in [0.15, 0.2) is 66.7 Å². The summed E-state index contributed by atoms with van der Waals surface area (Å²) < 4.78 is 11.6. The zero-order valence-electron chi connectivity index (χ0n) is 16.3. The number of hydrogen-bond acceptors (Lipinski definition) is 4. The molecule has 2 fully saturated rings. The molecule has 1 aromatic heterocycles. The molecule has 2 aliphatic rings. The second kappa shape index (κ2) is 7.48. The Hall–Kier alpha value is -2.92. The molecule has 5 heteroatoms. The number of ether oxygens (including phenoxy) is 2. The van der Waals surface area contributed by atoms with Crippen molar-refractivity contribution in [3.05, 3.63) is 72.3 Å². The summed E-state index contributed by atoms with van der Waals surface area (Å²) in [5, 5.41) is 1.09. The van der Waals surface area contributed by atoms with E-state index in [4.69, 9.17) is 9.47 Å². The molecule has 0 spiro atoms. The molecule has 3 aromatic rings. The van der Waals surface area contributed by atoms with Crippen LogP contribution in [0.4, 0.5) is 0 Å². The number of para-hydroxylation sites is 1. The first-order valence-corrected chi connectivity index (χ1v) is 10.2. The maximum absolute atomic E-state index is 13.5. The van der Waals surface area contributed by atoms with E-state index in [9.17, 15) is 4.79 Å². The van der Waals surface area contributed by atoms with Crippen LogP contribution in [-0.2, 0) is 14.9 Å². The minimum atomic E-state index is -0.480. The highest BCUT2D eigenvalue weighted by Crippen LogP contribution is 2.38. The maximum Gasteiger partial charge on any atom is 0.233 e. The molecule has 0 unspecified atom stereocenters. The zero-order chi connectivity index (χ0) is 19.7. The van der Waals surface area contributed by atoms with Gasteiger partial charge >= 0.3 is 0 Å². The highest BCUT2D eigenvalue weighted by atomic mass is 16.5. The number of fused-ring (bicyclic) bond motifs is 1. The van der Waals surface area contributed by atoms with Gasteiger partial charge in [0.15, 0.2) is 0 Å². The molecule has 5 rings (SSSR count). The van der Waals surface area contributed by atoms with Gasteiger partial charge in [-0.25, -0.2) is 4.98 Å². The summed E-state index contributed by atoms with van der Waals surface area (Å²) in [6, 6.07) is 22.0. The SMILES string of the molecule is O=C(N1CC(Oc2ccc3ccccc3n2)C1)C1(c2ccccc2)CCOCC1. The molecule has 148 valence electrons. The molecule has 3 heterocycles. The van der Waals surface area contributed by atoms with E-state index < -0.39 is 5.41 Å². The van der Waals surface area contributed by atoms with Crippen LogP contribution in [-0.4, -0.2) is 48.2 Å². The van der Waals surface area contributed by atoms with Gasteiger partial charge < -0.3 is 14.4 Å². The normalized spacial score (nSPS) is 19.0. The summed E-state index contributed by atoms with van der Waals surface area (Å²) in [5.41, 5.74) is 1.53. The van der Waals surface area contributed by atoms with E-state index in [1.807, 2.05) is 59.5 Å². The minimum absolute atomic E-state index is 0.0136. The van der Waals surface area contributed by atoms with Crippen molar-refractivity contribution in [2.24, 2.45) is 0 Å². The van der Waals surface area contributed by atoms with E-state index in [0.29, 0.717) is 32.2 Å². The average Bonchev–Trinajstić information content (AvgIpc) is 2.76. The number of aromatic nitrogens is 1. The fourth-order valence-corrected chi connectivity index (χ4v) is 4.37. The fourth-order valence-electron chi connectivity index (χ4n) is 4.37. The Balaban J connectivity index is 1.28. The lowest BCUT2D eigenvalue weighted by molar-refractivity contribution is -0.150. The van der Waals surface area contributed by atoms with E-state index in [1.54, 1.807) is 0 Å². The van der Waals surface area contributed by atoms with Crippen molar-refractivity contribution in [3.8, 4) is 5.88 Å². The fraction of sp³-hybridized carbons (Fsp3) is 0.333. The number of benzene rings is 2. The van der Waals surface area contributed by atoms with Crippen LogP contribution in [0, 0.1) is 0 Å². The van der Waals surface area contributed by atoms with Gasteiger partial charge in [-0.1, -0.05) is 48.5 Å². The Morgan fingerprint density at radius 3 is 2.48 bits per heavy atom. The van der Waals surface area contributed by atoms with Gasteiger partial charge in [-0.2, -0.15) is 0 Å². The third kappa shape index (κ3) is 3.36. The van der Waals surface area contributed by atoms with E-state index >= 15 is 0 Å². The Labute approximate surface area is 170 Å². The van der Waals surface area contributed by atoms with E-state index in [2.05, 4.69) is 17.1 Å². The molecule has 0 bridgehead atoms. The van der Waals surface area contributed by atoms with Crippen molar-refractivity contribution >= 4 is 16.8 Å². The number of pyridine rings is 1. The van der Waals surface area contributed by atoms with Gasteiger partial charge in [0.2, 0.25) is 11.8 Å². The van der Waals surface area contributed by atoms with Crippen LogP contribution < -0.4 is 4.74 Å². The summed E-state index contributed by atoms with van der Waals surface area (Å²) >= 11 is 0. The lowest BCUT2D eigenvalue weighted by atomic mass is 9.72. The van der Waals surface area contributed by atoms with Crippen molar-refractivity contribution < 1.29 is 14.3 Å². The molecule has 29 heavy (non-hydrogen) atoms. The van der Waals surface area contributed by atoms with Gasteiger partial charge in [-0.15, -0.1) is 0 Å². The van der Waals surface area contributed by atoms with Gasteiger partial charge in [0.05, 0.1) is 24.0 Å². The maximum atomic E-state index is 13.5. The van der Waals surface area contributed by atoms with Gasteiger partial charge in [0.25, 0.3) is 0 Å². The van der Waals surface area contributed by atoms with Crippen LogP contribution in [0.3, 0.4) is 0 Å². The molecule has 0 saturated carbocycles. The summed E-state index contributed by atoms with van der Waals surface area (Å²) in [7, 11) is 0. The highest BCUT2D eigenvalue weighted by molar-refractivity contribution is 5.89. The summed E-state index contributed by atoms with van der Waals surface area (Å²) in [6.45, 7) is 2.44. The van der Waals surface area contributed by atoms with Crippen molar-refractivity contribution in [1.29, 1.82) is 0 Å². The third-order valence-corrected chi connectivity index (χ3v) is 6.08. The van der Waals surface area contributed by atoms with Gasteiger partial charge in [-0.3, -0.25) is 4.79 Å². The second-order valence-corrected chi connectivity index (χ2v) is 7.85. The Bertz CT molecular complexity index is 1010. The van der Waals surface area contributed by atoms with E-state index in [1.165, 1.54) is 0 Å². The number of carbonyl (C=O) groups excluding carboxylic acids is 1. The first kappa shape index (κ1) is 18.1. The standard InChI is InChI=1S/C24H24N2O3/c27-23(24(12-14-28-15-13-24)19-7-2-1-3-8-19)26-16-20(17-26)29-22-11-10-18-6-4-5-9-21(18)25-22/h1-11,20H,12-17H2. The smallest absolute Gasteiger partial charge is 0.233 e. The van der Waals surface area contributed by atoms with Crippen molar-refractivity contribution in [2.45, 2.75) is 24.4 Å². The third-order valence-electron chi connectivity index (χ3n) is 6.08. The zero-order valence-corrected chi connectivity index (χ0v) is 16.3. The van der Waals surface area contributed by atoms with Crippen LogP contribution in [0.5, 0.6) is 5.88 Å². The van der Waals surface area contributed by atoms with Crippen LogP contribution in [0.2, 0.25) is 0 Å². The first-order chi connectivity index (χ1) is 14.2. The highest BCUT2D eigenvalue weighted by Gasteiger charge is 2.47. The van der Waals surface area contributed by atoms with Crippen LogP contribution in [0.25, 0.3) is 10.9 Å². The number of carbonyl (C=O) groups is 1.